The minimum Gasteiger partial charge on any atom is -0.362 e. The van der Waals surface area contributed by atoms with E-state index in [4.69, 9.17) is 4.74 Å². The van der Waals surface area contributed by atoms with Crippen LogP contribution in [0.4, 0.5) is 0 Å². The van der Waals surface area contributed by atoms with Crippen LogP contribution in [0, 0.1) is 0 Å². The van der Waals surface area contributed by atoms with Gasteiger partial charge in [-0.05, 0) is 24.0 Å². The van der Waals surface area contributed by atoms with Crippen molar-refractivity contribution in [3.63, 3.8) is 0 Å². The number of imidazole rings is 1. The smallest absolute Gasteiger partial charge is 0.139 e. The van der Waals surface area contributed by atoms with Crippen molar-refractivity contribution in [2.45, 2.75) is 25.0 Å². The number of rotatable bonds is 0. The number of ether oxygens (including phenoxy) is 1. The molecule has 0 amide bonds. The summed E-state index contributed by atoms with van der Waals surface area (Å²) in [4.78, 5) is 4.30. The molecule has 0 bridgehead atoms. The molecular weight excluding hydrogens is 223 g/mol. The van der Waals surface area contributed by atoms with Gasteiger partial charge in [-0.1, -0.05) is 23.7 Å². The maximum atomic E-state index is 6.22. The number of fused-ring (bicyclic) bond motifs is 4. The second-order valence-electron chi connectivity index (χ2n) is 5.31. The number of aryl methyl sites for hydroxylation is 1. The molecule has 1 atom stereocenters. The third-order valence-corrected chi connectivity index (χ3v) is 4.25. The number of hydrogen-bond donors (Lipinski definition) is 0. The number of aromatic nitrogens is 2. The lowest BCUT2D eigenvalue weighted by Gasteiger charge is -2.35. The van der Waals surface area contributed by atoms with Gasteiger partial charge in [0.25, 0.3) is 0 Å². The van der Waals surface area contributed by atoms with Gasteiger partial charge in [-0.3, -0.25) is 0 Å². The number of benzene rings is 1. The maximum Gasteiger partial charge on any atom is 0.139 e. The number of hydrogen-bond acceptors (Lipinski definition) is 2. The third-order valence-electron chi connectivity index (χ3n) is 4.25. The number of nitrogens with zero attached hydrogens (tertiary/aromatic N) is 2. The maximum absolute atomic E-state index is 6.22. The molecule has 1 aromatic heterocycles. The molecule has 0 saturated carbocycles. The molecule has 0 saturated heterocycles. The summed E-state index contributed by atoms with van der Waals surface area (Å²) in [5, 5.41) is 0. The molecule has 1 unspecified atom stereocenters. The molecule has 0 radical (unpaired) electrons. The second-order valence-corrected chi connectivity index (χ2v) is 5.31. The fourth-order valence-corrected chi connectivity index (χ4v) is 3.41. The van der Waals surface area contributed by atoms with Crippen LogP contribution in [0.2, 0.25) is 0 Å². The lowest BCUT2D eigenvalue weighted by atomic mass is 9.87. The summed E-state index contributed by atoms with van der Waals surface area (Å²) < 4.78 is 8.45. The van der Waals surface area contributed by atoms with Gasteiger partial charge in [0.05, 0.1) is 24.8 Å². The minimum atomic E-state index is -0.238. The Labute approximate surface area is 107 Å². The predicted molar refractivity (Wildman–Crippen MR) is 71.9 cm³/mol. The van der Waals surface area contributed by atoms with Crippen LogP contribution >= 0.6 is 0 Å². The van der Waals surface area contributed by atoms with Crippen LogP contribution in [0.25, 0.3) is 0 Å². The van der Waals surface area contributed by atoms with Gasteiger partial charge in [-0.2, -0.15) is 0 Å². The summed E-state index contributed by atoms with van der Waals surface area (Å²) in [7, 11) is 2.15. The van der Waals surface area contributed by atoms with Gasteiger partial charge in [0.2, 0.25) is 0 Å². The first-order valence-electron chi connectivity index (χ1n) is 6.54. The van der Waals surface area contributed by atoms with E-state index >= 15 is 0 Å². The highest BCUT2D eigenvalue weighted by atomic mass is 16.5. The molecule has 4 heteroatoms. The molecule has 1 aromatic carbocycles. The molecule has 1 spiro atoms. The highest BCUT2D eigenvalue weighted by molar-refractivity contribution is 6.32. The molecule has 0 N–H and O–H groups in total. The van der Waals surface area contributed by atoms with E-state index in [1.54, 1.807) is 0 Å². The molecule has 18 heavy (non-hydrogen) atoms. The average molecular weight is 238 g/mol. The van der Waals surface area contributed by atoms with Gasteiger partial charge in [0.1, 0.15) is 13.4 Å². The van der Waals surface area contributed by atoms with Crippen molar-refractivity contribution in [1.82, 2.24) is 9.55 Å². The topological polar surface area (TPSA) is 27.1 Å². The summed E-state index contributed by atoms with van der Waals surface area (Å²) in [6.07, 6.45) is 6.03. The zero-order valence-electron chi connectivity index (χ0n) is 10.5. The van der Waals surface area contributed by atoms with Crippen LogP contribution in [0.5, 0.6) is 0 Å². The quantitative estimate of drug-likeness (QED) is 0.620. The molecule has 90 valence electrons. The van der Waals surface area contributed by atoms with Crippen LogP contribution in [-0.4, -0.2) is 24.0 Å². The molecule has 3 nitrogen and oxygen atoms in total. The van der Waals surface area contributed by atoms with E-state index in [2.05, 4.69) is 35.6 Å². The van der Waals surface area contributed by atoms with E-state index in [0.29, 0.717) is 0 Å². The summed E-state index contributed by atoms with van der Waals surface area (Å²) in [6.45, 7) is 1.69. The molecule has 4 rings (SSSR count). The Morgan fingerprint density at radius 1 is 1.39 bits per heavy atom. The molecule has 2 aromatic rings. The normalized spacial score (nSPS) is 25.1. The van der Waals surface area contributed by atoms with E-state index in [1.165, 1.54) is 22.3 Å². The van der Waals surface area contributed by atoms with Gasteiger partial charge >= 0.3 is 0 Å². The van der Waals surface area contributed by atoms with Gasteiger partial charge in [-0.25, -0.2) is 4.98 Å². The Morgan fingerprint density at radius 2 is 2.33 bits per heavy atom. The summed E-state index contributed by atoms with van der Waals surface area (Å²) in [5.41, 5.74) is 5.09. The van der Waals surface area contributed by atoms with E-state index in [0.717, 1.165) is 26.0 Å². The van der Waals surface area contributed by atoms with Gasteiger partial charge < -0.3 is 9.30 Å². The largest absolute Gasteiger partial charge is 0.362 e. The van der Waals surface area contributed by atoms with Crippen molar-refractivity contribution in [2.75, 3.05) is 6.61 Å². The van der Waals surface area contributed by atoms with Crippen molar-refractivity contribution in [3.8, 4) is 0 Å². The van der Waals surface area contributed by atoms with Crippen LogP contribution in [0.1, 0.15) is 23.2 Å². The highest BCUT2D eigenvalue weighted by Crippen LogP contribution is 2.46. The van der Waals surface area contributed by atoms with Crippen molar-refractivity contribution >= 4 is 13.3 Å². The fraction of sp³-hybridized carbons (Fsp3) is 0.357. The van der Waals surface area contributed by atoms with E-state index in [-0.39, 0.29) is 5.60 Å². The van der Waals surface area contributed by atoms with Crippen molar-refractivity contribution in [3.05, 3.63) is 47.5 Å². The minimum absolute atomic E-state index is 0.238. The van der Waals surface area contributed by atoms with Crippen molar-refractivity contribution in [2.24, 2.45) is 0 Å². The molecule has 1 aliphatic carbocycles. The van der Waals surface area contributed by atoms with E-state index in [1.807, 2.05) is 12.5 Å². The van der Waals surface area contributed by atoms with Crippen LogP contribution in [0.15, 0.2) is 30.7 Å². The Morgan fingerprint density at radius 3 is 3.28 bits per heavy atom. The Hall–Kier alpha value is -1.55. The van der Waals surface area contributed by atoms with E-state index < -0.39 is 0 Å². The molecule has 2 heterocycles. The molecule has 1 aliphatic heterocycles. The van der Waals surface area contributed by atoms with Gasteiger partial charge in [0, 0.05) is 6.54 Å². The van der Waals surface area contributed by atoms with E-state index in [9.17, 15) is 0 Å². The summed E-state index contributed by atoms with van der Waals surface area (Å²) in [6, 6.07) is 6.72. The standard InChI is InChI=1S/C14H15BN2O/c15-11-1-2-12-10(7-11)3-4-14(12)13-8-16-9-17(13)5-6-18-14/h1-2,7-9H,3-6,15H2. The van der Waals surface area contributed by atoms with Crippen LogP contribution < -0.4 is 5.46 Å². The first-order valence-corrected chi connectivity index (χ1v) is 6.54. The molecule has 2 aliphatic rings. The predicted octanol–water partition coefficient (Wildman–Crippen LogP) is 0.361. The fourth-order valence-electron chi connectivity index (χ4n) is 3.41. The summed E-state index contributed by atoms with van der Waals surface area (Å²) in [5.74, 6) is 0. The van der Waals surface area contributed by atoms with Gasteiger partial charge in [0.15, 0.2) is 0 Å². The van der Waals surface area contributed by atoms with Crippen LogP contribution in [-0.2, 0) is 23.3 Å². The lowest BCUT2D eigenvalue weighted by Crippen LogP contribution is -2.37. The average Bonchev–Trinajstić information content (AvgIpc) is 2.96. The first-order chi connectivity index (χ1) is 8.79. The SMILES string of the molecule is Bc1ccc2c(c1)CCC21OCCn2cncc21. The highest BCUT2D eigenvalue weighted by Gasteiger charge is 2.45. The third kappa shape index (κ3) is 1.21. The summed E-state index contributed by atoms with van der Waals surface area (Å²) >= 11 is 0. The zero-order chi connectivity index (χ0) is 12.2. The monoisotopic (exact) mass is 238 g/mol. The van der Waals surface area contributed by atoms with Crippen molar-refractivity contribution < 1.29 is 4.74 Å². The molecule has 0 fully saturated rings. The second kappa shape index (κ2) is 3.48. The van der Waals surface area contributed by atoms with Crippen LogP contribution in [0.3, 0.4) is 0 Å². The van der Waals surface area contributed by atoms with Gasteiger partial charge in [-0.15, -0.1) is 0 Å². The first kappa shape index (κ1) is 10.4. The molecular formula is C14H15BN2O. The Kier molecular flexibility index (Phi) is 2.01. The Bertz CT molecular complexity index is 622. The van der Waals surface area contributed by atoms with Crippen molar-refractivity contribution in [1.29, 1.82) is 0 Å². The Balaban J connectivity index is 1.95. The zero-order valence-corrected chi connectivity index (χ0v) is 10.5. The lowest BCUT2D eigenvalue weighted by molar-refractivity contribution is -0.0457.